The van der Waals surface area contributed by atoms with Gasteiger partial charge in [-0.1, -0.05) is 0 Å². The van der Waals surface area contributed by atoms with Crippen LogP contribution in [0.3, 0.4) is 0 Å². The molecule has 0 saturated carbocycles. The summed E-state index contributed by atoms with van der Waals surface area (Å²) in [5, 5.41) is 0. The highest BCUT2D eigenvalue weighted by molar-refractivity contribution is 5.95. The maximum Gasteiger partial charge on any atom is 0.336 e. The van der Waals surface area contributed by atoms with Gasteiger partial charge in [-0.15, -0.1) is 0 Å². The van der Waals surface area contributed by atoms with Crippen LogP contribution in [0.15, 0.2) is 18.2 Å². The molecule has 1 atom stereocenters. The fourth-order valence-electron chi connectivity index (χ4n) is 2.23. The maximum atomic E-state index is 12.4. The molecule has 20 heavy (non-hydrogen) atoms. The van der Waals surface area contributed by atoms with E-state index in [0.717, 1.165) is 5.56 Å². The van der Waals surface area contributed by atoms with E-state index in [9.17, 15) is 9.59 Å². The highest BCUT2D eigenvalue weighted by Crippen LogP contribution is 2.16. The van der Waals surface area contributed by atoms with Crippen molar-refractivity contribution in [3.05, 3.63) is 29.3 Å². The number of carbonyl (C=O) groups is 2. The van der Waals surface area contributed by atoms with Gasteiger partial charge in [-0.25, -0.2) is 4.79 Å². The number of morpholine rings is 1. The summed E-state index contributed by atoms with van der Waals surface area (Å²) in [4.78, 5) is 25.5. The standard InChI is InChI=1S/C14H18N2O4/c1-9-5-10(7-11(15)6-9)13(17)16-3-4-20-12(8-16)14(18)19-2/h5-7,12H,3-4,8,15H2,1-2H3. The van der Waals surface area contributed by atoms with Gasteiger partial charge >= 0.3 is 5.97 Å². The largest absolute Gasteiger partial charge is 0.467 e. The van der Waals surface area contributed by atoms with Crippen LogP contribution in [0.1, 0.15) is 15.9 Å². The fraction of sp³-hybridized carbons (Fsp3) is 0.429. The molecule has 1 fully saturated rings. The molecule has 6 heteroatoms. The highest BCUT2D eigenvalue weighted by Gasteiger charge is 2.30. The van der Waals surface area contributed by atoms with Gasteiger partial charge in [-0.3, -0.25) is 4.79 Å². The molecule has 0 aliphatic carbocycles. The number of nitrogens with two attached hydrogens (primary N) is 1. The molecule has 1 amide bonds. The molecule has 2 rings (SSSR count). The number of hydrogen-bond acceptors (Lipinski definition) is 5. The Hall–Kier alpha value is -2.08. The monoisotopic (exact) mass is 278 g/mol. The van der Waals surface area contributed by atoms with Crippen molar-refractivity contribution >= 4 is 17.6 Å². The van der Waals surface area contributed by atoms with Crippen molar-refractivity contribution in [2.45, 2.75) is 13.0 Å². The first kappa shape index (κ1) is 14.3. The number of methoxy groups -OCH3 is 1. The fourth-order valence-corrected chi connectivity index (χ4v) is 2.23. The van der Waals surface area contributed by atoms with Crippen LogP contribution in [0.25, 0.3) is 0 Å². The predicted octanol–water partition coefficient (Wildman–Crippen LogP) is 0.591. The third kappa shape index (κ3) is 3.08. The van der Waals surface area contributed by atoms with Crippen molar-refractivity contribution in [2.75, 3.05) is 32.5 Å². The Balaban J connectivity index is 2.14. The normalized spacial score (nSPS) is 18.7. The second-order valence-electron chi connectivity index (χ2n) is 4.77. The average molecular weight is 278 g/mol. The van der Waals surface area contributed by atoms with Crippen LogP contribution in [-0.4, -0.2) is 49.7 Å². The third-order valence-electron chi connectivity index (χ3n) is 3.16. The average Bonchev–Trinajstić information content (AvgIpc) is 2.44. The second-order valence-corrected chi connectivity index (χ2v) is 4.77. The van der Waals surface area contributed by atoms with Gasteiger partial charge in [0.25, 0.3) is 5.91 Å². The number of hydrogen-bond donors (Lipinski definition) is 1. The zero-order chi connectivity index (χ0) is 14.7. The van der Waals surface area contributed by atoms with Crippen LogP contribution in [0, 0.1) is 6.92 Å². The Kier molecular flexibility index (Phi) is 4.24. The molecule has 1 unspecified atom stereocenters. The number of rotatable bonds is 2. The molecule has 1 saturated heterocycles. The third-order valence-corrected chi connectivity index (χ3v) is 3.16. The summed E-state index contributed by atoms with van der Waals surface area (Å²) in [6.07, 6.45) is -0.722. The van der Waals surface area contributed by atoms with E-state index in [2.05, 4.69) is 4.74 Å². The van der Waals surface area contributed by atoms with Crippen LogP contribution in [0.2, 0.25) is 0 Å². The summed E-state index contributed by atoms with van der Waals surface area (Å²) in [7, 11) is 1.30. The Morgan fingerprint density at radius 3 is 2.80 bits per heavy atom. The summed E-state index contributed by atoms with van der Waals surface area (Å²) in [6, 6.07) is 5.21. The number of aryl methyl sites for hydroxylation is 1. The number of esters is 1. The molecule has 1 aromatic rings. The summed E-state index contributed by atoms with van der Waals surface area (Å²) >= 11 is 0. The Morgan fingerprint density at radius 1 is 1.40 bits per heavy atom. The minimum atomic E-state index is -0.722. The van der Waals surface area contributed by atoms with Crippen molar-refractivity contribution in [3.8, 4) is 0 Å². The number of carbonyl (C=O) groups excluding carboxylic acids is 2. The first-order valence-electron chi connectivity index (χ1n) is 6.37. The summed E-state index contributed by atoms with van der Waals surface area (Å²) < 4.78 is 9.94. The van der Waals surface area contributed by atoms with Crippen LogP contribution in [-0.2, 0) is 14.3 Å². The molecule has 0 aromatic heterocycles. The molecule has 1 aromatic carbocycles. The summed E-state index contributed by atoms with van der Waals surface area (Å²) in [6.45, 7) is 2.83. The Labute approximate surface area is 117 Å². The van der Waals surface area contributed by atoms with Gasteiger partial charge in [0.1, 0.15) is 0 Å². The van der Waals surface area contributed by atoms with Gasteiger partial charge in [-0.2, -0.15) is 0 Å². The van der Waals surface area contributed by atoms with Crippen LogP contribution >= 0.6 is 0 Å². The van der Waals surface area contributed by atoms with E-state index in [1.807, 2.05) is 6.92 Å². The molecular formula is C14H18N2O4. The van der Waals surface area contributed by atoms with Crippen molar-refractivity contribution < 1.29 is 19.1 Å². The first-order valence-corrected chi connectivity index (χ1v) is 6.37. The highest BCUT2D eigenvalue weighted by atomic mass is 16.6. The number of ether oxygens (including phenoxy) is 2. The van der Waals surface area contributed by atoms with Crippen molar-refractivity contribution in [1.82, 2.24) is 4.90 Å². The van der Waals surface area contributed by atoms with Gasteiger partial charge < -0.3 is 20.1 Å². The zero-order valence-corrected chi connectivity index (χ0v) is 11.6. The quantitative estimate of drug-likeness (QED) is 0.632. The summed E-state index contributed by atoms with van der Waals surface area (Å²) in [5.74, 6) is -0.621. The molecule has 108 valence electrons. The van der Waals surface area contributed by atoms with Crippen molar-refractivity contribution in [2.24, 2.45) is 0 Å². The topological polar surface area (TPSA) is 81.9 Å². The number of nitrogens with zero attached hydrogens (tertiary/aromatic N) is 1. The van der Waals surface area contributed by atoms with Crippen molar-refractivity contribution in [1.29, 1.82) is 0 Å². The minimum absolute atomic E-state index is 0.155. The second kappa shape index (κ2) is 5.92. The van der Waals surface area contributed by atoms with Crippen LogP contribution in [0.5, 0.6) is 0 Å². The van der Waals surface area contributed by atoms with Gasteiger partial charge in [0.05, 0.1) is 20.3 Å². The number of amides is 1. The van der Waals surface area contributed by atoms with E-state index in [1.54, 1.807) is 23.1 Å². The van der Waals surface area contributed by atoms with Gasteiger partial charge in [0, 0.05) is 17.8 Å². The molecule has 0 radical (unpaired) electrons. The van der Waals surface area contributed by atoms with E-state index in [-0.39, 0.29) is 12.5 Å². The lowest BCUT2D eigenvalue weighted by molar-refractivity contribution is -0.158. The van der Waals surface area contributed by atoms with Gasteiger partial charge in [0.15, 0.2) is 6.10 Å². The first-order chi connectivity index (χ1) is 9.51. The molecule has 1 aliphatic heterocycles. The number of nitrogen functional groups attached to an aromatic ring is 1. The molecule has 0 spiro atoms. The van der Waals surface area contributed by atoms with E-state index >= 15 is 0 Å². The van der Waals surface area contributed by atoms with E-state index in [0.29, 0.717) is 24.4 Å². The number of anilines is 1. The summed E-state index contributed by atoms with van der Waals surface area (Å²) in [5.41, 5.74) is 7.75. The zero-order valence-electron chi connectivity index (χ0n) is 11.6. The molecule has 2 N–H and O–H groups in total. The van der Waals surface area contributed by atoms with Crippen LogP contribution < -0.4 is 5.73 Å². The predicted molar refractivity (Wildman–Crippen MR) is 73.3 cm³/mol. The smallest absolute Gasteiger partial charge is 0.336 e. The maximum absolute atomic E-state index is 12.4. The molecule has 0 bridgehead atoms. The molecule has 1 aliphatic rings. The van der Waals surface area contributed by atoms with E-state index < -0.39 is 12.1 Å². The molecule has 1 heterocycles. The SMILES string of the molecule is COC(=O)C1CN(C(=O)c2cc(C)cc(N)c2)CCO1. The minimum Gasteiger partial charge on any atom is -0.467 e. The Bertz CT molecular complexity index is 510. The van der Waals surface area contributed by atoms with Crippen molar-refractivity contribution in [3.63, 3.8) is 0 Å². The molecule has 6 nitrogen and oxygen atoms in total. The lowest BCUT2D eigenvalue weighted by Crippen LogP contribution is -2.48. The molecular weight excluding hydrogens is 260 g/mol. The van der Waals surface area contributed by atoms with E-state index in [1.165, 1.54) is 7.11 Å². The van der Waals surface area contributed by atoms with E-state index in [4.69, 9.17) is 10.5 Å². The van der Waals surface area contributed by atoms with Gasteiger partial charge in [-0.05, 0) is 30.7 Å². The van der Waals surface area contributed by atoms with Crippen LogP contribution in [0.4, 0.5) is 5.69 Å². The lowest BCUT2D eigenvalue weighted by Gasteiger charge is -2.31. The lowest BCUT2D eigenvalue weighted by atomic mass is 10.1. The number of benzene rings is 1. The van der Waals surface area contributed by atoms with Gasteiger partial charge in [0.2, 0.25) is 0 Å². The Morgan fingerprint density at radius 2 is 2.15 bits per heavy atom.